The summed E-state index contributed by atoms with van der Waals surface area (Å²) in [4.78, 5) is 0. The van der Waals surface area contributed by atoms with Gasteiger partial charge in [-0.25, -0.2) is 0 Å². The summed E-state index contributed by atoms with van der Waals surface area (Å²) in [5.74, 6) is 0.944. The molecule has 0 saturated heterocycles. The highest BCUT2D eigenvalue weighted by Gasteiger charge is 2.45. The van der Waals surface area contributed by atoms with Gasteiger partial charge in [0.25, 0.3) is 0 Å². The molecule has 2 atom stereocenters. The zero-order valence-electron chi connectivity index (χ0n) is 8.61. The van der Waals surface area contributed by atoms with Gasteiger partial charge in [-0.3, -0.25) is 0 Å². The zero-order valence-corrected chi connectivity index (χ0v) is 8.61. The normalized spacial score (nSPS) is 41.8. The van der Waals surface area contributed by atoms with Crippen molar-refractivity contribution in [2.45, 2.75) is 52.9 Å². The Morgan fingerprint density at radius 3 is 2.67 bits per heavy atom. The molecule has 12 heavy (non-hydrogen) atoms. The maximum atomic E-state index is 2.48. The molecule has 68 valence electrons. The van der Waals surface area contributed by atoms with E-state index in [0.717, 1.165) is 5.92 Å². The van der Waals surface area contributed by atoms with Crippen LogP contribution in [0.25, 0.3) is 0 Å². The quantitative estimate of drug-likeness (QED) is 0.476. The van der Waals surface area contributed by atoms with Crippen molar-refractivity contribution in [2.75, 3.05) is 0 Å². The number of allylic oxidation sites excluding steroid dienone is 2. The Balaban J connectivity index is 2.26. The molecule has 0 radical (unpaired) electrons. The van der Waals surface area contributed by atoms with E-state index in [-0.39, 0.29) is 0 Å². The lowest BCUT2D eigenvalue weighted by Crippen LogP contribution is -2.38. The van der Waals surface area contributed by atoms with Gasteiger partial charge in [-0.1, -0.05) is 37.3 Å². The van der Waals surface area contributed by atoms with Crippen LogP contribution in [-0.2, 0) is 0 Å². The largest absolute Gasteiger partial charge is 0.0699 e. The van der Waals surface area contributed by atoms with Crippen LogP contribution in [0.1, 0.15) is 52.9 Å². The molecule has 0 heteroatoms. The van der Waals surface area contributed by atoms with Crippen molar-refractivity contribution < 1.29 is 0 Å². The lowest BCUT2D eigenvalue weighted by Gasteiger charge is -2.49. The predicted octanol–water partition coefficient (Wildman–Crippen LogP) is 3.92. The molecule has 0 bridgehead atoms. The SMILES string of the molecule is CC1=C(C)C2(C)CCCCCC12. The highest BCUT2D eigenvalue weighted by atomic mass is 14.5. The lowest BCUT2D eigenvalue weighted by molar-refractivity contribution is 0.200. The molecular formula is C12H20. The van der Waals surface area contributed by atoms with Crippen molar-refractivity contribution in [2.24, 2.45) is 11.3 Å². The van der Waals surface area contributed by atoms with Crippen molar-refractivity contribution in [1.29, 1.82) is 0 Å². The Morgan fingerprint density at radius 1 is 1.17 bits per heavy atom. The van der Waals surface area contributed by atoms with Gasteiger partial charge in [0.15, 0.2) is 0 Å². The lowest BCUT2D eigenvalue weighted by atomic mass is 9.56. The third kappa shape index (κ3) is 0.901. The minimum absolute atomic E-state index is 0.612. The Bertz CT molecular complexity index is 224. The van der Waals surface area contributed by atoms with Crippen molar-refractivity contribution in [3.05, 3.63) is 11.1 Å². The van der Waals surface area contributed by atoms with Gasteiger partial charge in [-0.2, -0.15) is 0 Å². The maximum absolute atomic E-state index is 2.48. The Hall–Kier alpha value is -0.260. The van der Waals surface area contributed by atoms with E-state index in [1.54, 1.807) is 11.1 Å². The van der Waals surface area contributed by atoms with Gasteiger partial charge in [0.05, 0.1) is 0 Å². The molecule has 0 nitrogen and oxygen atoms in total. The first-order chi connectivity index (χ1) is 5.66. The molecule has 2 aliphatic rings. The van der Waals surface area contributed by atoms with Crippen LogP contribution < -0.4 is 0 Å². The van der Waals surface area contributed by atoms with Gasteiger partial charge in [0, 0.05) is 0 Å². The van der Waals surface area contributed by atoms with Crippen LogP contribution >= 0.6 is 0 Å². The molecule has 0 spiro atoms. The first-order valence-electron chi connectivity index (χ1n) is 5.34. The van der Waals surface area contributed by atoms with Crippen molar-refractivity contribution in [1.82, 2.24) is 0 Å². The molecule has 0 aromatic carbocycles. The second-order valence-corrected chi connectivity index (χ2v) is 4.88. The maximum Gasteiger partial charge on any atom is -0.00511 e. The summed E-state index contributed by atoms with van der Waals surface area (Å²) in [6, 6.07) is 0. The third-order valence-corrected chi connectivity index (χ3v) is 4.43. The second kappa shape index (κ2) is 2.61. The Kier molecular flexibility index (Phi) is 1.82. The molecule has 0 aromatic heterocycles. The Morgan fingerprint density at radius 2 is 1.92 bits per heavy atom. The van der Waals surface area contributed by atoms with E-state index in [0.29, 0.717) is 5.41 Å². The summed E-state index contributed by atoms with van der Waals surface area (Å²) in [6.45, 7) is 7.16. The van der Waals surface area contributed by atoms with Crippen LogP contribution in [-0.4, -0.2) is 0 Å². The standard InChI is InChI=1S/C12H20/c1-9-10(2)12(3)8-6-4-5-7-11(9)12/h11H,4-8H2,1-3H3. The van der Waals surface area contributed by atoms with E-state index in [2.05, 4.69) is 20.8 Å². The monoisotopic (exact) mass is 164 g/mol. The molecule has 0 aromatic rings. The van der Waals surface area contributed by atoms with Crippen LogP contribution in [0.2, 0.25) is 0 Å². The van der Waals surface area contributed by atoms with Crippen molar-refractivity contribution >= 4 is 0 Å². The molecule has 0 aliphatic heterocycles. The molecule has 1 saturated carbocycles. The number of hydrogen-bond donors (Lipinski definition) is 0. The summed E-state index contributed by atoms with van der Waals surface area (Å²) >= 11 is 0. The fourth-order valence-electron chi connectivity index (χ4n) is 3.29. The summed E-state index contributed by atoms with van der Waals surface area (Å²) < 4.78 is 0. The minimum atomic E-state index is 0.612. The van der Waals surface area contributed by atoms with Crippen molar-refractivity contribution in [3.63, 3.8) is 0 Å². The molecule has 1 fully saturated rings. The highest BCUT2D eigenvalue weighted by molar-refractivity contribution is 5.35. The first kappa shape index (κ1) is 8.34. The van der Waals surface area contributed by atoms with Crippen molar-refractivity contribution in [3.8, 4) is 0 Å². The molecule has 2 aliphatic carbocycles. The van der Waals surface area contributed by atoms with E-state index >= 15 is 0 Å². The topological polar surface area (TPSA) is 0 Å². The van der Waals surface area contributed by atoms with E-state index < -0.39 is 0 Å². The first-order valence-corrected chi connectivity index (χ1v) is 5.34. The van der Waals surface area contributed by atoms with Gasteiger partial charge >= 0.3 is 0 Å². The second-order valence-electron chi connectivity index (χ2n) is 4.88. The molecule has 2 rings (SSSR count). The van der Waals surface area contributed by atoms with E-state index in [4.69, 9.17) is 0 Å². The highest BCUT2D eigenvalue weighted by Crippen LogP contribution is 2.57. The van der Waals surface area contributed by atoms with Gasteiger partial charge < -0.3 is 0 Å². The van der Waals surface area contributed by atoms with E-state index in [9.17, 15) is 0 Å². The fraction of sp³-hybridized carbons (Fsp3) is 0.833. The van der Waals surface area contributed by atoms with E-state index in [1.165, 1.54) is 32.1 Å². The summed E-state index contributed by atoms with van der Waals surface area (Å²) in [5.41, 5.74) is 4.02. The average molecular weight is 164 g/mol. The van der Waals surface area contributed by atoms with Crippen LogP contribution in [0.4, 0.5) is 0 Å². The zero-order chi connectivity index (χ0) is 8.77. The smallest absolute Gasteiger partial charge is 0.00511 e. The van der Waals surface area contributed by atoms with Gasteiger partial charge in [-0.05, 0) is 38.0 Å². The summed E-state index contributed by atoms with van der Waals surface area (Å²) in [7, 11) is 0. The van der Waals surface area contributed by atoms with Crippen LogP contribution in [0.15, 0.2) is 11.1 Å². The molecule has 0 amide bonds. The average Bonchev–Trinajstić information content (AvgIpc) is 2.25. The van der Waals surface area contributed by atoms with Gasteiger partial charge in [0.2, 0.25) is 0 Å². The molecule has 0 N–H and O–H groups in total. The van der Waals surface area contributed by atoms with Crippen LogP contribution in [0.3, 0.4) is 0 Å². The predicted molar refractivity (Wildman–Crippen MR) is 53.1 cm³/mol. The van der Waals surface area contributed by atoms with Gasteiger partial charge in [-0.15, -0.1) is 0 Å². The summed E-state index contributed by atoms with van der Waals surface area (Å²) in [6.07, 6.45) is 7.29. The summed E-state index contributed by atoms with van der Waals surface area (Å²) in [5, 5.41) is 0. The van der Waals surface area contributed by atoms with Crippen LogP contribution in [0, 0.1) is 11.3 Å². The third-order valence-electron chi connectivity index (χ3n) is 4.43. The molecular weight excluding hydrogens is 144 g/mol. The number of hydrogen-bond acceptors (Lipinski definition) is 0. The fourth-order valence-corrected chi connectivity index (χ4v) is 3.29. The minimum Gasteiger partial charge on any atom is -0.0699 e. The molecule has 2 unspecified atom stereocenters. The number of rotatable bonds is 0. The van der Waals surface area contributed by atoms with Gasteiger partial charge in [0.1, 0.15) is 0 Å². The Labute approximate surface area is 76.1 Å². The molecule has 0 heterocycles. The van der Waals surface area contributed by atoms with Crippen LogP contribution in [0.5, 0.6) is 0 Å². The van der Waals surface area contributed by atoms with E-state index in [1.807, 2.05) is 0 Å². The number of fused-ring (bicyclic) bond motifs is 1.